The number of benzene rings is 1. The van der Waals surface area contributed by atoms with Gasteiger partial charge in [0.15, 0.2) is 5.82 Å². The van der Waals surface area contributed by atoms with E-state index >= 15 is 0 Å². The number of hydrogen-bond donors (Lipinski definition) is 1. The normalized spacial score (nSPS) is 15.1. The van der Waals surface area contributed by atoms with Gasteiger partial charge in [0.05, 0.1) is 17.1 Å². The van der Waals surface area contributed by atoms with Crippen LogP contribution in [0.4, 0.5) is 0 Å². The summed E-state index contributed by atoms with van der Waals surface area (Å²) < 4.78 is 34.5. The van der Waals surface area contributed by atoms with Gasteiger partial charge in [-0.15, -0.1) is 5.10 Å². The van der Waals surface area contributed by atoms with E-state index in [9.17, 15) is 13.2 Å². The fourth-order valence-corrected chi connectivity index (χ4v) is 4.95. The molecule has 2 heterocycles. The first-order valence-electron chi connectivity index (χ1n) is 10.2. The van der Waals surface area contributed by atoms with E-state index in [-0.39, 0.29) is 21.0 Å². The Kier molecular flexibility index (Phi) is 5.96. The zero-order valence-electron chi connectivity index (χ0n) is 17.7. The first kappa shape index (κ1) is 22.3. The summed E-state index contributed by atoms with van der Waals surface area (Å²) in [4.78, 5) is 16.8. The molecule has 0 radical (unpaired) electrons. The van der Waals surface area contributed by atoms with Gasteiger partial charge < -0.3 is 4.74 Å². The van der Waals surface area contributed by atoms with Crippen LogP contribution in [0.3, 0.4) is 0 Å². The summed E-state index contributed by atoms with van der Waals surface area (Å²) >= 11 is 6.20. The van der Waals surface area contributed by atoms with E-state index in [1.807, 2.05) is 4.72 Å². The maximum absolute atomic E-state index is 12.6. The summed E-state index contributed by atoms with van der Waals surface area (Å²) in [6.45, 7) is 4.45. The summed E-state index contributed by atoms with van der Waals surface area (Å²) in [6, 6.07) is 11.1. The Bertz CT molecular complexity index is 1270. The van der Waals surface area contributed by atoms with Crippen molar-refractivity contribution in [3.05, 3.63) is 64.9 Å². The largest absolute Gasteiger partial charge is 0.476 e. The summed E-state index contributed by atoms with van der Waals surface area (Å²) in [7, 11) is -4.05. The molecule has 0 atom stereocenters. The Morgan fingerprint density at radius 2 is 1.97 bits per heavy atom. The second kappa shape index (κ2) is 8.55. The minimum atomic E-state index is -4.05. The highest BCUT2D eigenvalue weighted by molar-refractivity contribution is 7.90. The average molecular weight is 475 g/mol. The number of halogens is 1. The fourth-order valence-electron chi connectivity index (χ4n) is 3.50. The van der Waals surface area contributed by atoms with E-state index < -0.39 is 15.9 Å². The molecular weight excluding hydrogens is 452 g/mol. The number of pyridine rings is 1. The molecule has 1 amide bonds. The molecule has 1 fully saturated rings. The maximum atomic E-state index is 12.6. The zero-order chi connectivity index (χ0) is 22.9. The topological polar surface area (TPSA) is 103 Å². The zero-order valence-corrected chi connectivity index (χ0v) is 19.3. The van der Waals surface area contributed by atoms with Gasteiger partial charge in [0, 0.05) is 17.7 Å². The Morgan fingerprint density at radius 3 is 2.62 bits per heavy atom. The molecule has 1 aliphatic carbocycles. The summed E-state index contributed by atoms with van der Waals surface area (Å²) in [5.41, 5.74) is 0.670. The Hall–Kier alpha value is -2.91. The molecule has 1 aliphatic rings. The van der Waals surface area contributed by atoms with Crippen LogP contribution in [0.15, 0.2) is 53.6 Å². The van der Waals surface area contributed by atoms with Crippen molar-refractivity contribution < 1.29 is 17.9 Å². The van der Waals surface area contributed by atoms with Gasteiger partial charge >= 0.3 is 0 Å². The van der Waals surface area contributed by atoms with Crippen LogP contribution in [0.2, 0.25) is 5.15 Å². The molecule has 3 aromatic rings. The lowest BCUT2D eigenvalue weighted by Crippen LogP contribution is -2.32. The van der Waals surface area contributed by atoms with E-state index in [2.05, 4.69) is 17.0 Å². The second-order valence-corrected chi connectivity index (χ2v) is 10.3. The highest BCUT2D eigenvalue weighted by atomic mass is 35.5. The van der Waals surface area contributed by atoms with E-state index in [0.29, 0.717) is 23.9 Å². The van der Waals surface area contributed by atoms with Crippen LogP contribution in [0.25, 0.3) is 5.82 Å². The number of nitrogens with zero attached hydrogens (tertiary/aromatic N) is 3. The van der Waals surface area contributed by atoms with Crippen molar-refractivity contribution in [1.29, 1.82) is 0 Å². The molecule has 0 unspecified atom stereocenters. The lowest BCUT2D eigenvalue weighted by molar-refractivity contribution is 0.0747. The van der Waals surface area contributed by atoms with Crippen molar-refractivity contribution in [3.8, 4) is 11.7 Å². The number of hydrogen-bond acceptors (Lipinski definition) is 6. The molecular formula is C22H23ClN4O4S. The molecule has 32 heavy (non-hydrogen) atoms. The molecule has 1 aromatic carbocycles. The molecule has 0 aliphatic heterocycles. The van der Waals surface area contributed by atoms with Gasteiger partial charge in [-0.25, -0.2) is 22.8 Å². The predicted octanol–water partition coefficient (Wildman–Crippen LogP) is 3.92. The SMILES string of the molecule is Cc1ccccc1S(=O)(=O)NC(=O)c1ccc(-n2ccc(OCC3(C)CCC3)n2)nc1Cl. The number of amides is 1. The third-order valence-corrected chi connectivity index (χ3v) is 7.40. The van der Waals surface area contributed by atoms with Gasteiger partial charge in [-0.3, -0.25) is 4.79 Å². The number of sulfonamides is 1. The number of aryl methyl sites for hydroxylation is 1. The van der Waals surface area contributed by atoms with Crippen molar-refractivity contribution in [2.45, 2.75) is 38.0 Å². The highest BCUT2D eigenvalue weighted by Gasteiger charge is 2.32. The summed E-state index contributed by atoms with van der Waals surface area (Å²) in [5.74, 6) is -0.0178. The standard InChI is InChI=1S/C22H23ClN4O4S/c1-15-6-3-4-7-17(15)32(29,30)26-21(28)16-8-9-18(24-20(16)23)27-13-10-19(25-27)31-14-22(2)11-5-12-22/h3-4,6-10,13H,5,11-12,14H2,1-2H3,(H,26,28). The van der Waals surface area contributed by atoms with Gasteiger partial charge in [-0.05, 0) is 43.5 Å². The van der Waals surface area contributed by atoms with Crippen molar-refractivity contribution in [2.75, 3.05) is 6.61 Å². The lowest BCUT2D eigenvalue weighted by Gasteiger charge is -2.37. The van der Waals surface area contributed by atoms with Crippen molar-refractivity contribution >= 4 is 27.5 Å². The molecule has 10 heteroatoms. The van der Waals surface area contributed by atoms with Crippen LogP contribution in [0.5, 0.6) is 5.88 Å². The first-order valence-corrected chi connectivity index (χ1v) is 12.0. The smallest absolute Gasteiger partial charge is 0.268 e. The Morgan fingerprint density at radius 1 is 1.22 bits per heavy atom. The van der Waals surface area contributed by atoms with Crippen LogP contribution in [-0.4, -0.2) is 35.7 Å². The van der Waals surface area contributed by atoms with E-state index in [4.69, 9.17) is 16.3 Å². The van der Waals surface area contributed by atoms with Gasteiger partial charge in [0.25, 0.3) is 15.9 Å². The fraction of sp³-hybridized carbons (Fsp3) is 0.318. The van der Waals surface area contributed by atoms with Crippen molar-refractivity contribution in [1.82, 2.24) is 19.5 Å². The number of carbonyl (C=O) groups is 1. The monoisotopic (exact) mass is 474 g/mol. The number of carbonyl (C=O) groups excluding carboxylic acids is 1. The van der Waals surface area contributed by atoms with Crippen LogP contribution in [-0.2, 0) is 10.0 Å². The second-order valence-electron chi connectivity index (χ2n) is 8.26. The van der Waals surface area contributed by atoms with E-state index in [1.54, 1.807) is 37.4 Å². The molecule has 8 nitrogen and oxygen atoms in total. The third kappa shape index (κ3) is 4.63. The van der Waals surface area contributed by atoms with Gasteiger partial charge in [-0.2, -0.15) is 0 Å². The van der Waals surface area contributed by atoms with Crippen molar-refractivity contribution in [2.24, 2.45) is 5.41 Å². The van der Waals surface area contributed by atoms with E-state index in [1.165, 1.54) is 29.3 Å². The van der Waals surface area contributed by atoms with Gasteiger partial charge in [0.2, 0.25) is 5.88 Å². The van der Waals surface area contributed by atoms with Gasteiger partial charge in [-0.1, -0.05) is 43.1 Å². The molecule has 0 bridgehead atoms. The molecule has 4 rings (SSSR count). The average Bonchev–Trinajstić information content (AvgIpc) is 3.19. The number of ether oxygens (including phenoxy) is 1. The highest BCUT2D eigenvalue weighted by Crippen LogP contribution is 2.40. The molecule has 0 saturated heterocycles. The van der Waals surface area contributed by atoms with Crippen LogP contribution >= 0.6 is 11.6 Å². The van der Waals surface area contributed by atoms with Crippen molar-refractivity contribution in [3.63, 3.8) is 0 Å². The quantitative estimate of drug-likeness (QED) is 0.520. The Balaban J connectivity index is 1.47. The summed E-state index contributed by atoms with van der Waals surface area (Å²) in [6.07, 6.45) is 5.20. The molecule has 1 saturated carbocycles. The molecule has 1 N–H and O–H groups in total. The number of rotatable bonds is 7. The van der Waals surface area contributed by atoms with Crippen LogP contribution in [0.1, 0.15) is 42.1 Å². The summed E-state index contributed by atoms with van der Waals surface area (Å²) in [5, 5.41) is 4.20. The lowest BCUT2D eigenvalue weighted by atomic mass is 9.71. The number of nitrogens with one attached hydrogen (secondary N) is 1. The van der Waals surface area contributed by atoms with Crippen LogP contribution in [0, 0.1) is 12.3 Å². The minimum Gasteiger partial charge on any atom is -0.476 e. The predicted molar refractivity (Wildman–Crippen MR) is 120 cm³/mol. The maximum Gasteiger partial charge on any atom is 0.268 e. The molecule has 0 spiro atoms. The van der Waals surface area contributed by atoms with E-state index in [0.717, 1.165) is 12.8 Å². The molecule has 168 valence electrons. The Labute approximate surface area is 191 Å². The van der Waals surface area contributed by atoms with Crippen LogP contribution < -0.4 is 9.46 Å². The first-order chi connectivity index (χ1) is 15.2. The molecule has 2 aromatic heterocycles. The van der Waals surface area contributed by atoms with Gasteiger partial charge in [0.1, 0.15) is 5.15 Å². The third-order valence-electron chi connectivity index (χ3n) is 5.62. The minimum absolute atomic E-state index is 0.0221. The number of aromatic nitrogens is 3.